The summed E-state index contributed by atoms with van der Waals surface area (Å²) in [7, 11) is 0. The maximum absolute atomic E-state index is 13.5. The summed E-state index contributed by atoms with van der Waals surface area (Å²) < 4.78 is 14.5. The van der Waals surface area contributed by atoms with E-state index in [1.165, 1.54) is 6.07 Å². The maximum atomic E-state index is 13.5. The highest BCUT2D eigenvalue weighted by molar-refractivity contribution is 9.10. The molecule has 1 aromatic rings. The molecule has 0 spiro atoms. The molecule has 1 atom stereocenters. The fourth-order valence-electron chi connectivity index (χ4n) is 2.14. The highest BCUT2D eigenvalue weighted by Crippen LogP contribution is 2.19. The van der Waals surface area contributed by atoms with Crippen molar-refractivity contribution in [1.82, 2.24) is 4.90 Å². The first kappa shape index (κ1) is 12.0. The molecule has 1 fully saturated rings. The van der Waals surface area contributed by atoms with Crippen LogP contribution in [0.2, 0.25) is 0 Å². The smallest absolute Gasteiger partial charge is 0.127 e. The molecule has 0 unspecified atom stereocenters. The molecule has 0 radical (unpaired) electrons. The van der Waals surface area contributed by atoms with Gasteiger partial charge in [0.1, 0.15) is 5.82 Å². The molecule has 4 heteroatoms. The van der Waals surface area contributed by atoms with Crippen LogP contribution in [0.4, 0.5) is 4.39 Å². The number of piperidine rings is 1. The summed E-state index contributed by atoms with van der Waals surface area (Å²) in [6.07, 6.45) is 2.19. The van der Waals surface area contributed by atoms with Crippen molar-refractivity contribution in [2.45, 2.75) is 25.4 Å². The van der Waals surface area contributed by atoms with Crippen molar-refractivity contribution in [2.24, 2.45) is 5.73 Å². The van der Waals surface area contributed by atoms with Gasteiger partial charge < -0.3 is 5.73 Å². The van der Waals surface area contributed by atoms with E-state index in [1.54, 1.807) is 6.07 Å². The van der Waals surface area contributed by atoms with Crippen LogP contribution in [0, 0.1) is 5.82 Å². The van der Waals surface area contributed by atoms with Crippen molar-refractivity contribution in [3.05, 3.63) is 34.1 Å². The Bertz CT molecular complexity index is 370. The fraction of sp³-hybridized carbons (Fsp3) is 0.500. The topological polar surface area (TPSA) is 29.3 Å². The van der Waals surface area contributed by atoms with Gasteiger partial charge in [-0.25, -0.2) is 4.39 Å². The van der Waals surface area contributed by atoms with E-state index in [1.807, 2.05) is 6.07 Å². The summed E-state index contributed by atoms with van der Waals surface area (Å²) in [5, 5.41) is 0. The van der Waals surface area contributed by atoms with Crippen LogP contribution in [0.15, 0.2) is 22.7 Å². The van der Waals surface area contributed by atoms with Gasteiger partial charge in [-0.05, 0) is 37.6 Å². The maximum Gasteiger partial charge on any atom is 0.127 e. The molecule has 1 heterocycles. The van der Waals surface area contributed by atoms with Gasteiger partial charge in [0.15, 0.2) is 0 Å². The lowest BCUT2D eigenvalue weighted by atomic mass is 10.1. The number of hydrogen-bond acceptors (Lipinski definition) is 2. The van der Waals surface area contributed by atoms with Crippen LogP contribution in [0.3, 0.4) is 0 Å². The molecule has 0 aromatic heterocycles. The SMILES string of the molecule is N[C@@H]1CCCN(Cc2cc(Br)ccc2F)C1. The summed E-state index contributed by atoms with van der Waals surface area (Å²) in [4.78, 5) is 2.22. The lowest BCUT2D eigenvalue weighted by Crippen LogP contribution is -2.42. The van der Waals surface area contributed by atoms with E-state index < -0.39 is 0 Å². The average molecular weight is 287 g/mol. The molecule has 16 heavy (non-hydrogen) atoms. The van der Waals surface area contributed by atoms with Gasteiger partial charge in [0.05, 0.1) is 0 Å². The van der Waals surface area contributed by atoms with E-state index >= 15 is 0 Å². The largest absolute Gasteiger partial charge is 0.327 e. The van der Waals surface area contributed by atoms with E-state index in [0.717, 1.165) is 36.0 Å². The predicted octanol–water partition coefficient (Wildman–Crippen LogP) is 2.51. The molecular weight excluding hydrogens is 271 g/mol. The number of benzene rings is 1. The van der Waals surface area contributed by atoms with Crippen molar-refractivity contribution in [3.63, 3.8) is 0 Å². The lowest BCUT2D eigenvalue weighted by Gasteiger charge is -2.30. The molecule has 1 aromatic carbocycles. The van der Waals surface area contributed by atoms with Gasteiger partial charge in [0.25, 0.3) is 0 Å². The molecule has 0 amide bonds. The Morgan fingerprint density at radius 2 is 2.31 bits per heavy atom. The zero-order valence-electron chi connectivity index (χ0n) is 9.13. The fourth-order valence-corrected chi connectivity index (χ4v) is 2.55. The third kappa shape index (κ3) is 3.03. The number of hydrogen-bond donors (Lipinski definition) is 1. The minimum absolute atomic E-state index is 0.137. The Balaban J connectivity index is 2.05. The minimum Gasteiger partial charge on any atom is -0.327 e. The first-order valence-electron chi connectivity index (χ1n) is 5.57. The van der Waals surface area contributed by atoms with Crippen LogP contribution < -0.4 is 5.73 Å². The molecule has 0 saturated carbocycles. The quantitative estimate of drug-likeness (QED) is 0.905. The molecule has 1 aliphatic rings. The Hall–Kier alpha value is -0.450. The van der Waals surface area contributed by atoms with Crippen LogP contribution >= 0.6 is 15.9 Å². The zero-order valence-corrected chi connectivity index (χ0v) is 10.7. The molecule has 0 bridgehead atoms. The second-order valence-corrected chi connectivity index (χ2v) is 5.29. The predicted molar refractivity (Wildman–Crippen MR) is 66.6 cm³/mol. The van der Waals surface area contributed by atoms with E-state index in [4.69, 9.17) is 5.73 Å². The molecule has 1 aliphatic heterocycles. The number of nitrogens with two attached hydrogens (primary N) is 1. The molecular formula is C12H16BrFN2. The van der Waals surface area contributed by atoms with E-state index in [0.29, 0.717) is 6.54 Å². The number of halogens is 2. The van der Waals surface area contributed by atoms with Crippen LogP contribution in [0.25, 0.3) is 0 Å². The summed E-state index contributed by atoms with van der Waals surface area (Å²) in [6, 6.07) is 5.31. The number of nitrogens with zero attached hydrogens (tertiary/aromatic N) is 1. The Kier molecular flexibility index (Phi) is 3.95. The summed E-state index contributed by atoms with van der Waals surface area (Å²) in [5.74, 6) is -0.137. The van der Waals surface area contributed by atoms with Gasteiger partial charge in [-0.15, -0.1) is 0 Å². The van der Waals surface area contributed by atoms with Crippen LogP contribution in [-0.2, 0) is 6.54 Å². The van der Waals surface area contributed by atoms with E-state index in [-0.39, 0.29) is 11.9 Å². The molecule has 1 saturated heterocycles. The second-order valence-electron chi connectivity index (χ2n) is 4.37. The molecule has 2 rings (SSSR count). The highest BCUT2D eigenvalue weighted by Gasteiger charge is 2.17. The van der Waals surface area contributed by atoms with Gasteiger partial charge in [0, 0.05) is 29.2 Å². The number of rotatable bonds is 2. The van der Waals surface area contributed by atoms with Crippen molar-refractivity contribution in [1.29, 1.82) is 0 Å². The first-order chi connectivity index (χ1) is 7.65. The standard InChI is InChI=1S/C12H16BrFN2/c13-10-3-4-12(14)9(6-10)7-16-5-1-2-11(15)8-16/h3-4,6,11H,1-2,5,7-8,15H2/t11-/m1/s1. The Labute approximate surface area is 104 Å². The van der Waals surface area contributed by atoms with Gasteiger partial charge in [0.2, 0.25) is 0 Å². The first-order valence-corrected chi connectivity index (χ1v) is 6.36. The van der Waals surface area contributed by atoms with Crippen LogP contribution in [0.1, 0.15) is 18.4 Å². The van der Waals surface area contributed by atoms with Crippen molar-refractivity contribution >= 4 is 15.9 Å². The highest BCUT2D eigenvalue weighted by atomic mass is 79.9. The Morgan fingerprint density at radius 1 is 1.50 bits per heavy atom. The normalized spacial score (nSPS) is 22.3. The number of likely N-dealkylation sites (tertiary alicyclic amines) is 1. The van der Waals surface area contributed by atoms with E-state index in [9.17, 15) is 4.39 Å². The molecule has 2 N–H and O–H groups in total. The average Bonchev–Trinajstić information content (AvgIpc) is 2.24. The van der Waals surface area contributed by atoms with Gasteiger partial charge in [-0.2, -0.15) is 0 Å². The Morgan fingerprint density at radius 3 is 3.06 bits per heavy atom. The van der Waals surface area contributed by atoms with Crippen molar-refractivity contribution in [2.75, 3.05) is 13.1 Å². The van der Waals surface area contributed by atoms with Crippen molar-refractivity contribution < 1.29 is 4.39 Å². The van der Waals surface area contributed by atoms with Crippen LogP contribution in [0.5, 0.6) is 0 Å². The minimum atomic E-state index is -0.137. The van der Waals surface area contributed by atoms with Gasteiger partial charge in [-0.3, -0.25) is 4.90 Å². The summed E-state index contributed by atoms with van der Waals surface area (Å²) in [6.45, 7) is 2.53. The third-order valence-electron chi connectivity index (χ3n) is 2.94. The van der Waals surface area contributed by atoms with Gasteiger partial charge >= 0.3 is 0 Å². The summed E-state index contributed by atoms with van der Waals surface area (Å²) in [5.41, 5.74) is 6.64. The zero-order chi connectivity index (χ0) is 11.5. The van der Waals surface area contributed by atoms with E-state index in [2.05, 4.69) is 20.8 Å². The summed E-state index contributed by atoms with van der Waals surface area (Å²) >= 11 is 3.36. The monoisotopic (exact) mass is 286 g/mol. The van der Waals surface area contributed by atoms with Crippen molar-refractivity contribution in [3.8, 4) is 0 Å². The van der Waals surface area contributed by atoms with Crippen LogP contribution in [-0.4, -0.2) is 24.0 Å². The second kappa shape index (κ2) is 5.25. The molecule has 0 aliphatic carbocycles. The molecule has 88 valence electrons. The van der Waals surface area contributed by atoms with Gasteiger partial charge in [-0.1, -0.05) is 15.9 Å². The third-order valence-corrected chi connectivity index (χ3v) is 3.44. The molecule has 2 nitrogen and oxygen atoms in total. The lowest BCUT2D eigenvalue weighted by molar-refractivity contribution is 0.199.